The van der Waals surface area contributed by atoms with Crippen molar-refractivity contribution in [3.63, 3.8) is 0 Å². The van der Waals surface area contributed by atoms with Gasteiger partial charge >= 0.3 is 83.7 Å². The third-order valence-corrected chi connectivity index (χ3v) is 20.2. The quantitative estimate of drug-likeness (QED) is 0.105. The molecule has 10 heteroatoms. The third kappa shape index (κ3) is 22.5. The summed E-state index contributed by atoms with van der Waals surface area (Å²) in [7, 11) is -4.19. The molecular weight excluding hydrogens is 1240 g/mol. The van der Waals surface area contributed by atoms with Crippen LogP contribution in [0.2, 0.25) is 105 Å². The van der Waals surface area contributed by atoms with Crippen molar-refractivity contribution >= 4 is 86.3 Å². The summed E-state index contributed by atoms with van der Waals surface area (Å²) in [6.45, 7) is 65.5. The minimum absolute atomic E-state index is 0. The maximum Gasteiger partial charge on any atom is 0.0478 e. The van der Waals surface area contributed by atoms with Gasteiger partial charge in [-0.2, -0.15) is 22.3 Å². The van der Waals surface area contributed by atoms with Crippen LogP contribution in [0.15, 0.2) is 72.8 Å². The van der Waals surface area contributed by atoms with Gasteiger partial charge in [0.25, 0.3) is 0 Å². The predicted octanol–water partition coefficient (Wildman–Crippen LogP) is 15.2. The molecule has 8 aromatic carbocycles. The summed E-state index contributed by atoms with van der Waals surface area (Å²) in [6.07, 6.45) is 0. The van der Waals surface area contributed by atoms with Crippen LogP contribution in [0.5, 0.6) is 0 Å². The molecule has 0 saturated heterocycles. The van der Waals surface area contributed by atoms with Crippen LogP contribution in [0.3, 0.4) is 0 Å². The van der Waals surface area contributed by atoms with Crippen LogP contribution in [-0.2, 0) is 70.8 Å². The summed E-state index contributed by atoms with van der Waals surface area (Å²) in [4.78, 5) is 0. The summed E-state index contributed by atoms with van der Waals surface area (Å²) >= 11 is 3.48. The largest absolute Gasteiger partial charge is 1.00 e. The smallest absolute Gasteiger partial charge is 0.0478 e. The second kappa shape index (κ2) is 31.2. The molecule has 424 valence electrons. The van der Waals surface area contributed by atoms with E-state index in [9.17, 15) is 0 Å². The third-order valence-electron chi connectivity index (χ3n) is 14.4. The summed E-state index contributed by atoms with van der Waals surface area (Å²) in [5.74, 6) is 0. The van der Waals surface area contributed by atoms with Gasteiger partial charge in [-0.1, -0.05) is 208 Å². The van der Waals surface area contributed by atoms with E-state index < -0.39 is 32.3 Å². The second-order valence-corrected chi connectivity index (χ2v) is 68.7. The molecule has 78 heavy (non-hydrogen) atoms. The average Bonchev–Trinajstić information content (AvgIpc) is 3.95. The molecule has 0 saturated carbocycles. The molecule has 0 unspecified atom stereocenters. The minimum Gasteiger partial charge on any atom is -1.00 e. The number of fused-ring (bicyclic) bond motifs is 4. The Morgan fingerprint density at radius 3 is 0.577 bits per heavy atom. The second-order valence-electron chi connectivity index (χ2n) is 28.1. The first kappa shape index (κ1) is 75.0. The molecule has 0 atom stereocenters. The van der Waals surface area contributed by atoms with Crippen molar-refractivity contribution in [2.75, 3.05) is 0 Å². The van der Waals surface area contributed by atoms with E-state index in [-0.39, 0.29) is 35.7 Å². The predicted molar refractivity (Wildman–Crippen MR) is 358 cm³/mol. The van der Waals surface area contributed by atoms with Crippen molar-refractivity contribution in [2.45, 2.75) is 212 Å². The minimum atomic E-state index is -1.05. The molecule has 0 aliphatic rings. The molecule has 0 aromatic heterocycles. The van der Waals surface area contributed by atoms with Crippen LogP contribution in [0.25, 0.3) is 43.1 Å². The molecule has 0 amide bonds. The van der Waals surface area contributed by atoms with Crippen LogP contribution < -0.4 is 24.8 Å². The first-order valence-electron chi connectivity index (χ1n) is 28.3. The maximum absolute atomic E-state index is 2.45. The van der Waals surface area contributed by atoms with E-state index in [1.54, 1.807) is 68.9 Å². The molecule has 0 bridgehead atoms. The van der Waals surface area contributed by atoms with Gasteiger partial charge in [-0.15, -0.1) is 136 Å². The van der Waals surface area contributed by atoms with Gasteiger partial charge in [0, 0.05) is 32.3 Å². The molecule has 0 nitrogen and oxygen atoms in total. The first-order valence-corrected chi connectivity index (χ1v) is 55.5. The number of hydrogen-bond donors (Lipinski definition) is 0. The van der Waals surface area contributed by atoms with Crippen molar-refractivity contribution in [1.82, 2.24) is 0 Å². The van der Waals surface area contributed by atoms with Crippen LogP contribution in [0.1, 0.15) is 89.0 Å². The average molecular weight is 1340 g/mol. The molecular formula is C68H104Cl2Si6Zr2-2. The van der Waals surface area contributed by atoms with Crippen molar-refractivity contribution in [2.24, 2.45) is 0 Å². The van der Waals surface area contributed by atoms with Crippen molar-refractivity contribution in [1.29, 1.82) is 0 Å². The fourth-order valence-electron chi connectivity index (χ4n) is 10.6. The zero-order chi connectivity index (χ0) is 58.3. The van der Waals surface area contributed by atoms with E-state index in [4.69, 9.17) is 0 Å². The molecule has 0 aliphatic carbocycles. The Morgan fingerprint density at radius 1 is 0.308 bits per heavy atom. The van der Waals surface area contributed by atoms with Gasteiger partial charge in [-0.25, -0.2) is 0 Å². The van der Waals surface area contributed by atoms with Gasteiger partial charge in [0.2, 0.25) is 0 Å². The molecule has 0 fully saturated rings. The van der Waals surface area contributed by atoms with Gasteiger partial charge in [0.15, 0.2) is 0 Å². The zero-order valence-corrected chi connectivity index (χ0v) is 66.9. The van der Waals surface area contributed by atoms with E-state index in [0.717, 1.165) is 0 Å². The molecule has 8 aromatic rings. The topological polar surface area (TPSA) is 0 Å². The van der Waals surface area contributed by atoms with E-state index in [2.05, 4.69) is 261 Å². The van der Waals surface area contributed by atoms with Crippen molar-refractivity contribution < 1.29 is 71.5 Å². The van der Waals surface area contributed by atoms with Crippen molar-refractivity contribution in [3.05, 3.63) is 162 Å². The van der Waals surface area contributed by atoms with Crippen LogP contribution in [0.4, 0.5) is 0 Å². The van der Waals surface area contributed by atoms with Crippen LogP contribution in [-0.4, -0.2) is 43.2 Å². The van der Waals surface area contributed by atoms with Crippen LogP contribution >= 0.6 is 0 Å². The maximum atomic E-state index is 2.45. The Kier molecular flexibility index (Phi) is 30.0. The summed E-state index contributed by atoms with van der Waals surface area (Å²) < 4.78 is 0. The van der Waals surface area contributed by atoms with Crippen LogP contribution in [0, 0.1) is 83.1 Å². The van der Waals surface area contributed by atoms with Gasteiger partial charge in [-0.3, -0.25) is 0 Å². The van der Waals surface area contributed by atoms with Crippen molar-refractivity contribution in [3.8, 4) is 0 Å². The number of rotatable bonds is 8. The van der Waals surface area contributed by atoms with Gasteiger partial charge in [0.05, 0.1) is 0 Å². The zero-order valence-electron chi connectivity index (χ0n) is 54.5. The molecule has 8 rings (SSSR count). The Hall–Kier alpha value is -1.03. The van der Waals surface area contributed by atoms with E-state index in [0.29, 0.717) is 0 Å². The fourth-order valence-corrected chi connectivity index (χ4v) is 16.3. The summed E-state index contributed by atoms with van der Waals surface area (Å²) in [5, 5.41) is 12.0. The van der Waals surface area contributed by atoms with E-state index >= 15 is 0 Å². The molecule has 0 heterocycles. The number of hydrogen-bond acceptors (Lipinski definition) is 0. The standard InChI is InChI=1S/4C16H23Si.2C2H6Si.2ClH.2Zr/c4*1-11-7-8-14(10-17(4,5)6)16-13(3)12(2)9-15(11)16;2*1-3-2;;;;/h4*7-9H,10H2,1-6H3;2*1-2H3;2*1H;;/q4*-1;;;;;2*+2/p-2. The Bertz CT molecular complexity index is 2850. The normalized spacial score (nSPS) is 11.5. The molecule has 0 spiro atoms. The molecule has 0 radical (unpaired) electrons. The summed E-state index contributed by atoms with van der Waals surface area (Å²) in [5.41, 5.74) is 24.0. The molecule has 0 N–H and O–H groups in total. The number of aryl methyl sites for hydroxylation is 12. The monoisotopic (exact) mass is 1340 g/mol. The Balaban J connectivity index is 0.000000492. The van der Waals surface area contributed by atoms with E-state index in [1.165, 1.54) is 134 Å². The number of benzene rings is 4. The Morgan fingerprint density at radius 2 is 0.449 bits per heavy atom. The summed E-state index contributed by atoms with van der Waals surface area (Å²) in [6, 6.07) is 33.1. The van der Waals surface area contributed by atoms with Gasteiger partial charge < -0.3 is 24.8 Å². The van der Waals surface area contributed by atoms with E-state index in [1.807, 2.05) is 0 Å². The fraction of sp³-hybridized carbons (Fsp3) is 0.471. The Labute approximate surface area is 526 Å². The SMILES string of the molecule is C[Si](C)=[Zr+2].C[Si](C)=[Zr+2].Cc1[cH-]c2c(C)ccc(C[Si](C)(C)C)c2c1C.Cc1[cH-]c2c(C)ccc(C[Si](C)(C)C)c2c1C.Cc1[cH-]c2c(C)ccc(C[Si](C)(C)C)c2c1C.Cc1[cH-]c2c(C)ccc(C[Si](C)(C)C)c2c1C.[Cl-].[Cl-]. The number of halogens is 2. The van der Waals surface area contributed by atoms with Gasteiger partial charge in [-0.05, 0) is 24.2 Å². The van der Waals surface area contributed by atoms with Gasteiger partial charge in [0.1, 0.15) is 0 Å². The first-order chi connectivity index (χ1) is 34.6. The molecule has 0 aliphatic heterocycles.